The maximum Gasteiger partial charge on any atom is 0.306 e. The predicted octanol–water partition coefficient (Wildman–Crippen LogP) is 16.7. The topological polar surface area (TPSA) is 114 Å². The minimum atomic E-state index is -4.73. The normalized spacial score (nSPS) is 14.8. The number of ether oxygens (including phenoxy) is 1. The largest absolute Gasteiger partial charge is 0.756 e. The van der Waals surface area contributed by atoms with E-state index in [4.69, 9.17) is 13.8 Å². The molecule has 0 aliphatic carbocycles. The number of phosphoric ester groups is 1. The van der Waals surface area contributed by atoms with Gasteiger partial charge in [-0.1, -0.05) is 232 Å². The summed E-state index contributed by atoms with van der Waals surface area (Å²) in [7, 11) is 1.10. The van der Waals surface area contributed by atoms with Crippen molar-refractivity contribution in [1.29, 1.82) is 0 Å². The molecule has 73 heavy (non-hydrogen) atoms. The molecule has 0 aliphatic heterocycles. The third-order valence-electron chi connectivity index (χ3n) is 11.7. The van der Waals surface area contributed by atoms with E-state index in [2.05, 4.69) is 86.8 Å². The number of hydrogen-bond donors (Lipinski definition) is 1. The lowest BCUT2D eigenvalue weighted by atomic mass is 10.0. The molecule has 0 bridgehead atoms. The molecule has 0 rings (SSSR count). The van der Waals surface area contributed by atoms with Gasteiger partial charge in [0.25, 0.3) is 7.82 Å². The average Bonchev–Trinajstić information content (AvgIpc) is 3.35. The highest BCUT2D eigenvalue weighted by atomic mass is 31.2. The van der Waals surface area contributed by atoms with Crippen LogP contribution in [0, 0.1) is 0 Å². The summed E-state index contributed by atoms with van der Waals surface area (Å²) in [5.74, 6) is -0.670. The van der Waals surface area contributed by atoms with Crippen LogP contribution in [0.5, 0.6) is 0 Å². The third kappa shape index (κ3) is 52.8. The number of carbonyl (C=O) groups excluding carboxylic acids is 2. The minimum Gasteiger partial charge on any atom is -0.756 e. The minimum absolute atomic E-state index is 0.0479. The number of hydrogen-bond acceptors (Lipinski definition) is 7. The molecule has 414 valence electrons. The molecule has 0 spiro atoms. The Morgan fingerprint density at radius 3 is 1.49 bits per heavy atom. The Bertz CT molecular complexity index is 1710. The summed E-state index contributed by atoms with van der Waals surface area (Å²) in [5.41, 5.74) is 0. The number of amides is 1. The van der Waals surface area contributed by atoms with E-state index in [9.17, 15) is 19.0 Å². The molecule has 0 aromatic heterocycles. The Labute approximate surface area is 447 Å². The number of esters is 1. The maximum atomic E-state index is 13.5. The lowest BCUT2D eigenvalue weighted by molar-refractivity contribution is -0.870. The lowest BCUT2D eigenvalue weighted by Crippen LogP contribution is -2.47. The Morgan fingerprint density at radius 1 is 0.507 bits per heavy atom. The molecule has 0 fully saturated rings. The van der Waals surface area contributed by atoms with Crippen molar-refractivity contribution in [2.75, 3.05) is 40.9 Å². The van der Waals surface area contributed by atoms with E-state index in [0.29, 0.717) is 23.9 Å². The highest BCUT2D eigenvalue weighted by Gasteiger charge is 2.27. The molecule has 0 aromatic carbocycles. The molecular formula is C63H105N2O7P. The van der Waals surface area contributed by atoms with Crippen LogP contribution in [0.2, 0.25) is 0 Å². The summed E-state index contributed by atoms with van der Waals surface area (Å²) in [4.78, 5) is 39.8. The van der Waals surface area contributed by atoms with Gasteiger partial charge in [0.2, 0.25) is 5.91 Å². The van der Waals surface area contributed by atoms with Gasteiger partial charge in [-0.2, -0.15) is 0 Å². The van der Waals surface area contributed by atoms with Crippen molar-refractivity contribution < 1.29 is 37.3 Å². The number of carbonyl (C=O) groups is 2. The second-order valence-corrected chi connectivity index (χ2v) is 21.3. The SMILES string of the molecule is CC\C=C/C=C/C=C/C=C\C=C\C=C\CCCCCC(=O)OC(/C=C/CCCCCCCCCCCCC)C(COP(=O)([O-])OCC[N+](C)(C)C)NC(=O)CCC/C=C\C/C=C\C/C=C\C/C=C\CCCCC. The molecular weight excluding hydrogens is 928 g/mol. The molecule has 3 unspecified atom stereocenters. The van der Waals surface area contributed by atoms with Crippen LogP contribution < -0.4 is 10.2 Å². The summed E-state index contributed by atoms with van der Waals surface area (Å²) in [6.45, 7) is 6.56. The van der Waals surface area contributed by atoms with Gasteiger partial charge in [-0.25, -0.2) is 0 Å². The fraction of sp³-hybridized carbons (Fsp3) is 0.619. The van der Waals surface area contributed by atoms with Crippen LogP contribution in [0.15, 0.2) is 134 Å². The van der Waals surface area contributed by atoms with Crippen LogP contribution in [-0.4, -0.2) is 69.4 Å². The zero-order chi connectivity index (χ0) is 53.6. The van der Waals surface area contributed by atoms with Crippen molar-refractivity contribution in [3.05, 3.63) is 134 Å². The van der Waals surface area contributed by atoms with Crippen molar-refractivity contribution >= 4 is 19.7 Å². The number of rotatable bonds is 49. The third-order valence-corrected chi connectivity index (χ3v) is 12.7. The van der Waals surface area contributed by atoms with Gasteiger partial charge >= 0.3 is 5.97 Å². The quantitative estimate of drug-likeness (QED) is 0.0161. The van der Waals surface area contributed by atoms with Gasteiger partial charge in [0, 0.05) is 12.8 Å². The van der Waals surface area contributed by atoms with Crippen molar-refractivity contribution in [3.8, 4) is 0 Å². The highest BCUT2D eigenvalue weighted by Crippen LogP contribution is 2.38. The molecule has 0 aromatic rings. The monoisotopic (exact) mass is 1030 g/mol. The molecule has 0 heterocycles. The fourth-order valence-corrected chi connectivity index (χ4v) is 8.03. The van der Waals surface area contributed by atoms with Crippen molar-refractivity contribution in [2.24, 2.45) is 0 Å². The molecule has 10 heteroatoms. The molecule has 3 atom stereocenters. The van der Waals surface area contributed by atoms with Gasteiger partial charge in [-0.3, -0.25) is 14.2 Å². The number of unbranched alkanes of at least 4 members (excludes halogenated alkanes) is 18. The number of likely N-dealkylation sites (N-methyl/N-ethyl adjacent to an activating group) is 1. The summed E-state index contributed by atoms with van der Waals surface area (Å²) in [6.07, 6.45) is 72.8. The van der Waals surface area contributed by atoms with Crippen LogP contribution in [0.25, 0.3) is 0 Å². The van der Waals surface area contributed by atoms with Gasteiger partial charge < -0.3 is 28.5 Å². The number of nitrogens with one attached hydrogen (secondary N) is 1. The van der Waals surface area contributed by atoms with Crippen LogP contribution in [-0.2, 0) is 27.9 Å². The predicted molar refractivity (Wildman–Crippen MR) is 311 cm³/mol. The Hall–Kier alpha value is -3.85. The summed E-state index contributed by atoms with van der Waals surface area (Å²) in [5, 5.41) is 2.97. The molecule has 0 saturated heterocycles. The second-order valence-electron chi connectivity index (χ2n) is 19.9. The van der Waals surface area contributed by atoms with E-state index in [1.54, 1.807) is 6.08 Å². The number of allylic oxidation sites excluding steroid dienone is 21. The van der Waals surface area contributed by atoms with Crippen LogP contribution in [0.4, 0.5) is 0 Å². The Balaban J connectivity index is 5.58. The van der Waals surface area contributed by atoms with Crippen molar-refractivity contribution in [3.63, 3.8) is 0 Å². The molecule has 0 aliphatic rings. The molecule has 0 radical (unpaired) electrons. The summed E-state index contributed by atoms with van der Waals surface area (Å²) < 4.78 is 30.2. The van der Waals surface area contributed by atoms with Crippen LogP contribution >= 0.6 is 7.82 Å². The zero-order valence-electron chi connectivity index (χ0n) is 47.0. The second kappa shape index (κ2) is 51.6. The van der Waals surface area contributed by atoms with Crippen LogP contribution in [0.1, 0.15) is 201 Å². The summed E-state index contributed by atoms with van der Waals surface area (Å²) >= 11 is 0. The molecule has 1 N–H and O–H groups in total. The fourth-order valence-electron chi connectivity index (χ4n) is 7.31. The van der Waals surface area contributed by atoms with Gasteiger partial charge in [0.15, 0.2) is 0 Å². The Kier molecular flexibility index (Phi) is 48.9. The molecule has 0 saturated carbocycles. The number of quaternary nitrogens is 1. The average molecular weight is 1030 g/mol. The lowest BCUT2D eigenvalue weighted by Gasteiger charge is -2.30. The molecule has 9 nitrogen and oxygen atoms in total. The first-order valence-corrected chi connectivity index (χ1v) is 30.0. The van der Waals surface area contributed by atoms with E-state index >= 15 is 0 Å². The smallest absolute Gasteiger partial charge is 0.306 e. The standard InChI is InChI=1S/C63H105N2O7P/c1-7-10-13-16-19-22-25-28-30-32-34-37-40-43-46-49-52-55-62(66)64-60(59-71-73(68,69)70-58-57-65(4,5)6)61(54-51-48-45-42-39-36-27-24-21-18-15-12-9-3)72-63(67)56-53-50-47-44-41-38-35-33-31-29-26-23-20-17-14-11-8-2/h11,14,17,19-20,22-23,26,28-31,33-35,37-38,41,43,46,51,54,60-61H,7-10,12-13,15-16,18,21,24-25,27,32,36,39-40,42,44-45,47-50,52-53,55-59H2,1-6H3,(H-,64,66,68,69)/b14-11-,20-17+,22-19-,26-23+,30-28-,31-29-,35-33+,37-34-,41-38+,46-43-,54-51+. The van der Waals surface area contributed by atoms with E-state index in [1.807, 2.05) is 88.0 Å². The number of nitrogens with zero attached hydrogens (tertiary/aromatic N) is 1. The van der Waals surface area contributed by atoms with Crippen molar-refractivity contribution in [2.45, 2.75) is 213 Å². The van der Waals surface area contributed by atoms with Gasteiger partial charge in [0.05, 0.1) is 33.8 Å². The molecule has 1 amide bonds. The summed E-state index contributed by atoms with van der Waals surface area (Å²) in [6, 6.07) is -0.945. The van der Waals surface area contributed by atoms with Gasteiger partial charge in [0.1, 0.15) is 19.3 Å². The van der Waals surface area contributed by atoms with E-state index in [0.717, 1.165) is 77.0 Å². The first kappa shape index (κ1) is 69.2. The van der Waals surface area contributed by atoms with Gasteiger partial charge in [-0.15, -0.1) is 0 Å². The van der Waals surface area contributed by atoms with E-state index in [-0.39, 0.29) is 25.4 Å². The van der Waals surface area contributed by atoms with E-state index < -0.39 is 32.5 Å². The highest BCUT2D eigenvalue weighted by molar-refractivity contribution is 7.45. The van der Waals surface area contributed by atoms with Crippen molar-refractivity contribution in [1.82, 2.24) is 5.32 Å². The van der Waals surface area contributed by atoms with Crippen LogP contribution in [0.3, 0.4) is 0 Å². The number of phosphoric acid groups is 1. The maximum absolute atomic E-state index is 13.5. The van der Waals surface area contributed by atoms with Gasteiger partial charge in [-0.05, 0) is 89.5 Å². The van der Waals surface area contributed by atoms with E-state index in [1.165, 1.54) is 77.0 Å². The Morgan fingerprint density at radius 2 is 0.945 bits per heavy atom. The first-order valence-electron chi connectivity index (χ1n) is 28.6. The first-order chi connectivity index (χ1) is 35.4. The zero-order valence-corrected chi connectivity index (χ0v) is 47.9.